The van der Waals surface area contributed by atoms with Gasteiger partial charge < -0.3 is 5.73 Å². The van der Waals surface area contributed by atoms with E-state index in [0.29, 0.717) is 5.56 Å². The molecule has 2 N–H and O–H groups in total. The second-order valence-corrected chi connectivity index (χ2v) is 6.48. The number of benzene rings is 2. The zero-order chi connectivity index (χ0) is 16.5. The maximum Gasteiger partial charge on any atom is 0.248 e. The van der Waals surface area contributed by atoms with Crippen LogP contribution in [0.2, 0.25) is 0 Å². The maximum atomic E-state index is 11.2. The Bertz CT molecular complexity index is 1000. The van der Waals surface area contributed by atoms with Crippen LogP contribution in [0.25, 0.3) is 21.5 Å². The number of hydrogen-bond donors (Lipinski definition) is 1. The number of hydrogen-bond acceptors (Lipinski definition) is 3. The topological polar surface area (TPSA) is 60.9 Å². The molecule has 2 aromatic heterocycles. The fourth-order valence-corrected chi connectivity index (χ4v) is 3.66. The van der Waals surface area contributed by atoms with Crippen molar-refractivity contribution < 1.29 is 4.79 Å². The number of primary amides is 1. The molecular formula is C19H15N3OS. The number of thiophene rings is 1. The molecule has 0 aliphatic heterocycles. The average molecular weight is 333 g/mol. The summed E-state index contributed by atoms with van der Waals surface area (Å²) in [5, 5.41) is 6.88. The van der Waals surface area contributed by atoms with Crippen LogP contribution in [0.1, 0.15) is 15.9 Å². The van der Waals surface area contributed by atoms with Crippen LogP contribution in [0, 0.1) is 0 Å². The highest BCUT2D eigenvalue weighted by molar-refractivity contribution is 7.17. The normalized spacial score (nSPS) is 11.0. The van der Waals surface area contributed by atoms with Crippen LogP contribution in [-0.4, -0.2) is 15.7 Å². The third-order valence-electron chi connectivity index (χ3n) is 3.98. The van der Waals surface area contributed by atoms with Crippen LogP contribution in [0.5, 0.6) is 0 Å². The van der Waals surface area contributed by atoms with Gasteiger partial charge in [0.25, 0.3) is 0 Å². The molecule has 0 aliphatic rings. The Labute approximate surface area is 143 Å². The number of fused-ring (bicyclic) bond motifs is 1. The van der Waals surface area contributed by atoms with Crippen molar-refractivity contribution in [3.63, 3.8) is 0 Å². The molecule has 2 aromatic carbocycles. The molecule has 0 fully saturated rings. The van der Waals surface area contributed by atoms with Gasteiger partial charge in [0.1, 0.15) is 5.69 Å². The zero-order valence-electron chi connectivity index (χ0n) is 12.8. The zero-order valence-corrected chi connectivity index (χ0v) is 13.7. The number of nitrogens with two attached hydrogens (primary N) is 1. The lowest BCUT2D eigenvalue weighted by molar-refractivity contribution is 0.100. The SMILES string of the molecule is NC(=O)c1ccc(-c2nn(Cc3ccccc3)c3ccsc23)cc1. The highest BCUT2D eigenvalue weighted by atomic mass is 32.1. The molecule has 0 radical (unpaired) electrons. The maximum absolute atomic E-state index is 11.2. The van der Waals surface area contributed by atoms with E-state index in [1.165, 1.54) is 5.56 Å². The van der Waals surface area contributed by atoms with Crippen molar-refractivity contribution in [2.24, 2.45) is 5.73 Å². The van der Waals surface area contributed by atoms with Crippen molar-refractivity contribution in [1.82, 2.24) is 9.78 Å². The van der Waals surface area contributed by atoms with E-state index in [2.05, 4.69) is 23.6 Å². The molecule has 1 amide bonds. The molecule has 0 bridgehead atoms. The van der Waals surface area contributed by atoms with Gasteiger partial charge in [0.05, 0.1) is 16.8 Å². The van der Waals surface area contributed by atoms with Crippen molar-refractivity contribution in [3.05, 3.63) is 77.2 Å². The average Bonchev–Trinajstić information content (AvgIpc) is 3.20. The summed E-state index contributed by atoms with van der Waals surface area (Å²) in [7, 11) is 0. The second-order valence-electron chi connectivity index (χ2n) is 5.57. The highest BCUT2D eigenvalue weighted by Crippen LogP contribution is 2.32. The summed E-state index contributed by atoms with van der Waals surface area (Å²) in [5.74, 6) is -0.419. The van der Waals surface area contributed by atoms with Gasteiger partial charge in [-0.25, -0.2) is 0 Å². The molecule has 0 unspecified atom stereocenters. The van der Waals surface area contributed by atoms with E-state index in [1.807, 2.05) is 35.0 Å². The smallest absolute Gasteiger partial charge is 0.248 e. The lowest BCUT2D eigenvalue weighted by atomic mass is 10.1. The Hall–Kier alpha value is -2.92. The molecule has 0 aliphatic carbocycles. The van der Waals surface area contributed by atoms with Crippen LogP contribution in [-0.2, 0) is 6.54 Å². The number of aromatic nitrogens is 2. The van der Waals surface area contributed by atoms with Gasteiger partial charge in [-0.3, -0.25) is 9.48 Å². The second kappa shape index (κ2) is 5.94. The molecular weight excluding hydrogens is 318 g/mol. The Kier molecular flexibility index (Phi) is 3.63. The molecule has 4 rings (SSSR count). The Morgan fingerprint density at radius 2 is 1.79 bits per heavy atom. The molecule has 4 aromatic rings. The minimum absolute atomic E-state index is 0.419. The fourth-order valence-electron chi connectivity index (χ4n) is 2.76. The third kappa shape index (κ3) is 2.59. The summed E-state index contributed by atoms with van der Waals surface area (Å²) in [4.78, 5) is 11.2. The molecule has 24 heavy (non-hydrogen) atoms. The van der Waals surface area contributed by atoms with E-state index >= 15 is 0 Å². The van der Waals surface area contributed by atoms with Gasteiger partial charge in [-0.05, 0) is 29.1 Å². The molecule has 118 valence electrons. The molecule has 2 heterocycles. The monoisotopic (exact) mass is 333 g/mol. The number of amides is 1. The Morgan fingerprint density at radius 3 is 2.50 bits per heavy atom. The van der Waals surface area contributed by atoms with E-state index < -0.39 is 5.91 Å². The highest BCUT2D eigenvalue weighted by Gasteiger charge is 2.14. The summed E-state index contributed by atoms with van der Waals surface area (Å²) in [6.07, 6.45) is 0. The Balaban J connectivity index is 1.76. The van der Waals surface area contributed by atoms with Crippen molar-refractivity contribution in [1.29, 1.82) is 0 Å². The molecule has 0 saturated heterocycles. The molecule has 0 saturated carbocycles. The van der Waals surface area contributed by atoms with Crippen LogP contribution in [0.3, 0.4) is 0 Å². The standard InChI is InChI=1S/C19H15N3OS/c20-19(23)15-8-6-14(7-9-15)17-18-16(10-11-24-18)22(21-17)12-13-4-2-1-3-5-13/h1-11H,12H2,(H2,20,23). The first-order valence-electron chi connectivity index (χ1n) is 7.60. The number of nitrogens with zero attached hydrogens (tertiary/aromatic N) is 2. The predicted molar refractivity (Wildman–Crippen MR) is 97.1 cm³/mol. The minimum Gasteiger partial charge on any atom is -0.366 e. The molecule has 0 spiro atoms. The third-order valence-corrected chi connectivity index (χ3v) is 4.89. The van der Waals surface area contributed by atoms with Gasteiger partial charge in [0.15, 0.2) is 0 Å². The largest absolute Gasteiger partial charge is 0.366 e. The van der Waals surface area contributed by atoms with Crippen LogP contribution < -0.4 is 5.73 Å². The van der Waals surface area contributed by atoms with Crippen molar-refractivity contribution in [2.75, 3.05) is 0 Å². The molecule has 0 atom stereocenters. The van der Waals surface area contributed by atoms with Gasteiger partial charge in [0, 0.05) is 11.1 Å². The first-order chi connectivity index (χ1) is 11.7. The lowest BCUT2D eigenvalue weighted by Gasteiger charge is -2.03. The lowest BCUT2D eigenvalue weighted by Crippen LogP contribution is -2.10. The first-order valence-corrected chi connectivity index (χ1v) is 8.48. The van der Waals surface area contributed by atoms with Crippen molar-refractivity contribution in [2.45, 2.75) is 6.54 Å². The summed E-state index contributed by atoms with van der Waals surface area (Å²) >= 11 is 1.68. The van der Waals surface area contributed by atoms with E-state index in [9.17, 15) is 4.79 Å². The van der Waals surface area contributed by atoms with Crippen molar-refractivity contribution >= 4 is 27.5 Å². The van der Waals surface area contributed by atoms with E-state index in [-0.39, 0.29) is 0 Å². The molecule has 5 heteroatoms. The number of rotatable bonds is 4. The van der Waals surface area contributed by atoms with E-state index in [0.717, 1.165) is 28.0 Å². The predicted octanol–water partition coefficient (Wildman–Crippen LogP) is 3.91. The quantitative estimate of drug-likeness (QED) is 0.615. The number of carbonyl (C=O) groups excluding carboxylic acids is 1. The fraction of sp³-hybridized carbons (Fsp3) is 0.0526. The van der Waals surface area contributed by atoms with Crippen LogP contribution >= 0.6 is 11.3 Å². The van der Waals surface area contributed by atoms with Gasteiger partial charge in [-0.2, -0.15) is 5.10 Å². The van der Waals surface area contributed by atoms with Gasteiger partial charge >= 0.3 is 0 Å². The summed E-state index contributed by atoms with van der Waals surface area (Å²) in [6, 6.07) is 19.7. The summed E-state index contributed by atoms with van der Waals surface area (Å²) < 4.78 is 3.18. The minimum atomic E-state index is -0.419. The van der Waals surface area contributed by atoms with E-state index in [4.69, 9.17) is 10.8 Å². The number of carbonyl (C=O) groups is 1. The van der Waals surface area contributed by atoms with E-state index in [1.54, 1.807) is 23.5 Å². The first kappa shape index (κ1) is 14.7. The molecule has 4 nitrogen and oxygen atoms in total. The van der Waals surface area contributed by atoms with Gasteiger partial charge in [-0.1, -0.05) is 42.5 Å². The summed E-state index contributed by atoms with van der Waals surface area (Å²) in [5.41, 5.74) is 10.1. The van der Waals surface area contributed by atoms with Crippen molar-refractivity contribution in [3.8, 4) is 11.3 Å². The Morgan fingerprint density at radius 1 is 1.04 bits per heavy atom. The van der Waals surface area contributed by atoms with Crippen LogP contribution in [0.15, 0.2) is 66.0 Å². The van der Waals surface area contributed by atoms with Gasteiger partial charge in [0.2, 0.25) is 5.91 Å². The summed E-state index contributed by atoms with van der Waals surface area (Å²) in [6.45, 7) is 0.730. The van der Waals surface area contributed by atoms with Gasteiger partial charge in [-0.15, -0.1) is 11.3 Å². The van der Waals surface area contributed by atoms with Crippen LogP contribution in [0.4, 0.5) is 0 Å².